The van der Waals surface area contributed by atoms with E-state index in [0.717, 1.165) is 29.6 Å². The number of hydrogen-bond acceptors (Lipinski definition) is 4. The van der Waals surface area contributed by atoms with Gasteiger partial charge in [-0.15, -0.1) is 0 Å². The summed E-state index contributed by atoms with van der Waals surface area (Å²) in [7, 11) is 0. The molecule has 0 saturated carbocycles. The molecule has 4 rings (SSSR count). The molecule has 0 saturated heterocycles. The quantitative estimate of drug-likeness (QED) is 0.153. The molecule has 168 valence electrons. The lowest BCUT2D eigenvalue weighted by Gasteiger charge is -2.12. The summed E-state index contributed by atoms with van der Waals surface area (Å²) in [5.74, 6) is 1.08. The Balaban J connectivity index is 1.54. The molecule has 0 fully saturated rings. The van der Waals surface area contributed by atoms with Crippen LogP contribution in [0, 0.1) is 7.14 Å². The molecule has 7 heteroatoms. The number of hydrogen-bond donors (Lipinski definition) is 0. The SMILES string of the molecule is CC(C)c1ccc(C2=N/C(=C\c3cc(I)c(OCc4ccccc4Cl)c(I)c3)C(=O)O2)cc1. The van der Waals surface area contributed by atoms with E-state index < -0.39 is 5.97 Å². The molecule has 0 aliphatic carbocycles. The maximum Gasteiger partial charge on any atom is 0.363 e. The van der Waals surface area contributed by atoms with Gasteiger partial charge in [0.25, 0.3) is 0 Å². The Bertz CT molecular complexity index is 1240. The lowest BCUT2D eigenvalue weighted by Crippen LogP contribution is -2.05. The van der Waals surface area contributed by atoms with E-state index in [9.17, 15) is 4.79 Å². The second-order valence-corrected chi connectivity index (χ2v) is 10.5. The zero-order valence-corrected chi connectivity index (χ0v) is 23.0. The largest absolute Gasteiger partial charge is 0.487 e. The highest BCUT2D eigenvalue weighted by molar-refractivity contribution is 14.1. The average Bonchev–Trinajstić information content (AvgIpc) is 3.14. The standard InChI is InChI=1S/C26H20ClI2NO3/c1-15(2)17-7-9-18(10-8-17)25-30-23(26(31)33-25)13-16-11-21(28)24(22(29)12-16)32-14-19-5-3-4-6-20(19)27/h3-13,15H,14H2,1-2H3/b23-13-. The maximum atomic E-state index is 12.4. The number of halogens is 3. The predicted octanol–water partition coefficient (Wildman–Crippen LogP) is 7.60. The lowest BCUT2D eigenvalue weighted by atomic mass is 10.0. The van der Waals surface area contributed by atoms with E-state index in [2.05, 4.69) is 64.0 Å². The lowest BCUT2D eigenvalue weighted by molar-refractivity contribution is -0.129. The van der Waals surface area contributed by atoms with Gasteiger partial charge in [-0.25, -0.2) is 9.79 Å². The van der Waals surface area contributed by atoms with Gasteiger partial charge in [-0.2, -0.15) is 0 Å². The smallest absolute Gasteiger partial charge is 0.363 e. The van der Waals surface area contributed by atoms with Crippen LogP contribution in [0.25, 0.3) is 6.08 Å². The topological polar surface area (TPSA) is 47.9 Å². The van der Waals surface area contributed by atoms with Crippen LogP contribution in [0.2, 0.25) is 5.02 Å². The molecule has 1 aliphatic heterocycles. The molecule has 0 bridgehead atoms. The van der Waals surface area contributed by atoms with Crippen molar-refractivity contribution >= 4 is 74.7 Å². The summed E-state index contributed by atoms with van der Waals surface area (Å²) in [5.41, 5.74) is 4.05. The number of carbonyl (C=O) groups excluding carboxylic acids is 1. The van der Waals surface area contributed by atoms with Gasteiger partial charge >= 0.3 is 5.97 Å². The van der Waals surface area contributed by atoms with Crippen LogP contribution in [0.4, 0.5) is 0 Å². The van der Waals surface area contributed by atoms with Crippen LogP contribution in [0.15, 0.2) is 71.4 Å². The van der Waals surface area contributed by atoms with Gasteiger partial charge in [0, 0.05) is 16.1 Å². The van der Waals surface area contributed by atoms with Crippen molar-refractivity contribution in [3.63, 3.8) is 0 Å². The number of esters is 1. The van der Waals surface area contributed by atoms with Crippen molar-refractivity contribution in [3.8, 4) is 5.75 Å². The highest BCUT2D eigenvalue weighted by atomic mass is 127. The number of carbonyl (C=O) groups is 1. The third kappa shape index (κ3) is 5.78. The summed E-state index contributed by atoms with van der Waals surface area (Å²) in [4.78, 5) is 16.9. The first-order valence-electron chi connectivity index (χ1n) is 10.3. The van der Waals surface area contributed by atoms with Crippen LogP contribution in [0.3, 0.4) is 0 Å². The average molecular weight is 684 g/mol. The van der Waals surface area contributed by atoms with Crippen molar-refractivity contribution in [1.82, 2.24) is 0 Å². The molecule has 1 aliphatic rings. The Labute approximate surface area is 225 Å². The molecule has 0 radical (unpaired) electrons. The minimum Gasteiger partial charge on any atom is -0.487 e. The van der Waals surface area contributed by atoms with Crippen molar-refractivity contribution < 1.29 is 14.3 Å². The highest BCUT2D eigenvalue weighted by Gasteiger charge is 2.24. The van der Waals surface area contributed by atoms with Crippen LogP contribution in [0.1, 0.15) is 42.0 Å². The normalized spacial score (nSPS) is 14.5. The summed E-state index contributed by atoms with van der Waals surface area (Å²) in [6.07, 6.45) is 1.74. The maximum absolute atomic E-state index is 12.4. The molecule has 0 spiro atoms. The van der Waals surface area contributed by atoms with Crippen molar-refractivity contribution in [1.29, 1.82) is 0 Å². The van der Waals surface area contributed by atoms with Gasteiger partial charge in [-0.3, -0.25) is 0 Å². The minimum atomic E-state index is -0.456. The van der Waals surface area contributed by atoms with Crippen LogP contribution in [-0.2, 0) is 16.1 Å². The van der Waals surface area contributed by atoms with Gasteiger partial charge in [-0.05, 0) is 98.6 Å². The van der Waals surface area contributed by atoms with E-state index in [0.29, 0.717) is 23.4 Å². The fourth-order valence-corrected chi connectivity index (χ4v) is 5.59. The van der Waals surface area contributed by atoms with E-state index in [1.54, 1.807) is 6.08 Å². The van der Waals surface area contributed by atoms with Gasteiger partial charge in [-0.1, -0.05) is 55.8 Å². The predicted molar refractivity (Wildman–Crippen MR) is 149 cm³/mol. The van der Waals surface area contributed by atoms with Crippen molar-refractivity contribution in [2.24, 2.45) is 4.99 Å². The molecule has 3 aromatic carbocycles. The molecule has 1 heterocycles. The molecule has 3 aromatic rings. The van der Waals surface area contributed by atoms with E-state index in [-0.39, 0.29) is 5.70 Å². The molecule has 0 N–H and O–H groups in total. The first-order valence-corrected chi connectivity index (χ1v) is 12.8. The summed E-state index contributed by atoms with van der Waals surface area (Å²) in [5, 5.41) is 0.677. The summed E-state index contributed by atoms with van der Waals surface area (Å²) in [6.45, 7) is 4.65. The Morgan fingerprint density at radius 2 is 1.73 bits per heavy atom. The van der Waals surface area contributed by atoms with Gasteiger partial charge in [0.15, 0.2) is 5.70 Å². The van der Waals surface area contributed by atoms with E-state index in [1.807, 2.05) is 60.7 Å². The molecule has 0 amide bonds. The molecular formula is C26H20ClI2NO3. The number of ether oxygens (including phenoxy) is 2. The van der Waals surface area contributed by atoms with E-state index in [1.165, 1.54) is 5.56 Å². The Kier molecular flexibility index (Phi) is 7.76. The molecule has 0 atom stereocenters. The summed E-state index contributed by atoms with van der Waals surface area (Å²) >= 11 is 10.7. The van der Waals surface area contributed by atoms with Crippen LogP contribution in [-0.4, -0.2) is 11.9 Å². The fourth-order valence-electron chi connectivity index (χ4n) is 3.27. The Hall–Kier alpha value is -1.91. The molecule has 0 unspecified atom stereocenters. The Morgan fingerprint density at radius 1 is 1.06 bits per heavy atom. The first-order chi connectivity index (χ1) is 15.8. The number of cyclic esters (lactones) is 1. The number of aliphatic imine (C=N–C) groups is 1. The van der Waals surface area contributed by atoms with E-state index >= 15 is 0 Å². The molecular weight excluding hydrogens is 664 g/mol. The monoisotopic (exact) mass is 683 g/mol. The number of rotatable bonds is 6. The van der Waals surface area contributed by atoms with Gasteiger partial charge in [0.05, 0.1) is 7.14 Å². The minimum absolute atomic E-state index is 0.272. The van der Waals surface area contributed by atoms with Crippen LogP contribution < -0.4 is 4.74 Å². The Morgan fingerprint density at radius 3 is 2.36 bits per heavy atom. The third-order valence-corrected chi connectivity index (χ3v) is 7.07. The number of benzene rings is 3. The first kappa shape index (κ1) is 24.2. The molecule has 33 heavy (non-hydrogen) atoms. The van der Waals surface area contributed by atoms with Gasteiger partial charge < -0.3 is 9.47 Å². The third-order valence-electron chi connectivity index (χ3n) is 5.10. The second-order valence-electron chi connectivity index (χ2n) is 7.81. The second kappa shape index (κ2) is 10.6. The van der Waals surface area contributed by atoms with Gasteiger partial charge in [0.1, 0.15) is 12.4 Å². The molecule has 0 aromatic heterocycles. The van der Waals surface area contributed by atoms with Crippen molar-refractivity contribution in [2.45, 2.75) is 26.4 Å². The zero-order chi connectivity index (χ0) is 23.5. The highest BCUT2D eigenvalue weighted by Crippen LogP contribution is 2.32. The van der Waals surface area contributed by atoms with Crippen molar-refractivity contribution in [3.05, 3.63) is 101 Å². The summed E-state index contributed by atoms with van der Waals surface area (Å²) in [6, 6.07) is 19.5. The fraction of sp³-hybridized carbons (Fsp3) is 0.154. The zero-order valence-electron chi connectivity index (χ0n) is 17.9. The molecule has 4 nitrogen and oxygen atoms in total. The number of nitrogens with zero attached hydrogens (tertiary/aromatic N) is 1. The van der Waals surface area contributed by atoms with Crippen LogP contribution >= 0.6 is 56.8 Å². The van der Waals surface area contributed by atoms with E-state index in [4.69, 9.17) is 21.1 Å². The van der Waals surface area contributed by atoms with Crippen LogP contribution in [0.5, 0.6) is 5.75 Å². The van der Waals surface area contributed by atoms with Gasteiger partial charge in [0.2, 0.25) is 5.90 Å². The summed E-state index contributed by atoms with van der Waals surface area (Å²) < 4.78 is 13.3. The van der Waals surface area contributed by atoms with Crippen molar-refractivity contribution in [2.75, 3.05) is 0 Å².